The van der Waals surface area contributed by atoms with Crippen molar-refractivity contribution in [2.45, 2.75) is 31.6 Å². The van der Waals surface area contributed by atoms with Crippen LogP contribution in [0.5, 0.6) is 0 Å². The molecule has 1 atom stereocenters. The molecule has 1 aliphatic heterocycles. The van der Waals surface area contributed by atoms with Gasteiger partial charge in [0.05, 0.1) is 5.69 Å². The molecule has 6 heteroatoms. The number of carbonyl (C=O) groups excluding carboxylic acids is 1. The highest BCUT2D eigenvalue weighted by Crippen LogP contribution is 2.50. The van der Waals surface area contributed by atoms with Crippen molar-refractivity contribution in [2.24, 2.45) is 5.92 Å². The number of H-pyrrole nitrogens is 1. The van der Waals surface area contributed by atoms with Crippen molar-refractivity contribution in [3.63, 3.8) is 0 Å². The van der Waals surface area contributed by atoms with E-state index < -0.39 is 11.8 Å². The maximum atomic E-state index is 13.0. The zero-order valence-corrected chi connectivity index (χ0v) is 13.3. The summed E-state index contributed by atoms with van der Waals surface area (Å²) in [6.07, 6.45) is 1.20. The number of amides is 1. The fourth-order valence-electron chi connectivity index (χ4n) is 3.40. The Morgan fingerprint density at radius 1 is 1.25 bits per heavy atom. The molecule has 4 rings (SSSR count). The Morgan fingerprint density at radius 3 is 2.67 bits per heavy atom. The molecule has 4 nitrogen and oxygen atoms in total. The number of hydrogen-bond acceptors (Lipinski definition) is 2. The van der Waals surface area contributed by atoms with Gasteiger partial charge in [-0.3, -0.25) is 9.89 Å². The van der Waals surface area contributed by atoms with Crippen LogP contribution in [0.2, 0.25) is 0 Å². The first-order valence-electron chi connectivity index (χ1n) is 8.32. The molecule has 1 fully saturated rings. The van der Waals surface area contributed by atoms with Crippen molar-refractivity contribution in [3.8, 4) is 11.3 Å². The molecule has 1 aliphatic carbocycles. The van der Waals surface area contributed by atoms with Crippen LogP contribution in [0.4, 0.5) is 8.78 Å². The maximum Gasteiger partial charge on any atom is 0.252 e. The normalized spacial score (nSPS) is 21.9. The van der Waals surface area contributed by atoms with Gasteiger partial charge in [0.25, 0.3) is 5.92 Å². The van der Waals surface area contributed by atoms with Gasteiger partial charge in [0, 0.05) is 55.1 Å². The van der Waals surface area contributed by atoms with Gasteiger partial charge in [-0.25, -0.2) is 8.78 Å². The lowest BCUT2D eigenvalue weighted by atomic mass is 10.0. The summed E-state index contributed by atoms with van der Waals surface area (Å²) in [5.74, 6) is -3.54. The van der Waals surface area contributed by atoms with E-state index in [1.807, 2.05) is 30.3 Å². The van der Waals surface area contributed by atoms with E-state index in [2.05, 4.69) is 10.2 Å². The highest BCUT2D eigenvalue weighted by molar-refractivity contribution is 5.77. The topological polar surface area (TPSA) is 49.0 Å². The van der Waals surface area contributed by atoms with E-state index in [0.717, 1.165) is 22.5 Å². The summed E-state index contributed by atoms with van der Waals surface area (Å²) in [6.45, 7) is 1.12. The van der Waals surface area contributed by atoms with Crippen LogP contribution in [0, 0.1) is 5.92 Å². The van der Waals surface area contributed by atoms with Crippen LogP contribution in [-0.2, 0) is 17.6 Å². The largest absolute Gasteiger partial charge is 0.342 e. The molecule has 0 spiro atoms. The SMILES string of the molecule is O=C(CC1CC1(F)F)N1CCc2[nH]nc(-c3ccccc3)c2CC1. The van der Waals surface area contributed by atoms with Gasteiger partial charge in [0.15, 0.2) is 0 Å². The highest BCUT2D eigenvalue weighted by atomic mass is 19.3. The van der Waals surface area contributed by atoms with Crippen molar-refractivity contribution < 1.29 is 13.6 Å². The first kappa shape index (κ1) is 15.3. The summed E-state index contributed by atoms with van der Waals surface area (Å²) in [7, 11) is 0. The third-order valence-electron chi connectivity index (χ3n) is 4.99. The van der Waals surface area contributed by atoms with E-state index in [0.29, 0.717) is 25.9 Å². The Hall–Kier alpha value is -2.24. The average Bonchev–Trinajstić information content (AvgIpc) is 3.06. The third kappa shape index (κ3) is 2.81. The lowest BCUT2D eigenvalue weighted by Crippen LogP contribution is -2.33. The number of fused-ring (bicyclic) bond motifs is 1. The molecule has 0 bridgehead atoms. The third-order valence-corrected chi connectivity index (χ3v) is 4.99. The molecule has 0 radical (unpaired) electrons. The number of nitrogens with one attached hydrogen (secondary N) is 1. The molecule has 1 amide bonds. The predicted octanol–water partition coefficient (Wildman–Crippen LogP) is 3.05. The Bertz CT molecular complexity index is 757. The van der Waals surface area contributed by atoms with E-state index in [4.69, 9.17) is 0 Å². The molecule has 1 aromatic carbocycles. The van der Waals surface area contributed by atoms with Gasteiger partial charge in [-0.05, 0) is 6.42 Å². The van der Waals surface area contributed by atoms with E-state index in [-0.39, 0.29) is 18.7 Å². The van der Waals surface area contributed by atoms with Crippen LogP contribution in [0.3, 0.4) is 0 Å². The molecule has 1 N–H and O–H groups in total. The van der Waals surface area contributed by atoms with E-state index in [9.17, 15) is 13.6 Å². The quantitative estimate of drug-likeness (QED) is 0.940. The van der Waals surface area contributed by atoms with Crippen molar-refractivity contribution in [1.29, 1.82) is 0 Å². The summed E-state index contributed by atoms with van der Waals surface area (Å²) < 4.78 is 26.1. The summed E-state index contributed by atoms with van der Waals surface area (Å²) >= 11 is 0. The lowest BCUT2D eigenvalue weighted by molar-refractivity contribution is -0.132. The van der Waals surface area contributed by atoms with Crippen LogP contribution in [0.25, 0.3) is 11.3 Å². The first-order chi connectivity index (χ1) is 11.5. The fourth-order valence-corrected chi connectivity index (χ4v) is 3.40. The average molecular weight is 331 g/mol. The molecule has 2 aromatic rings. The smallest absolute Gasteiger partial charge is 0.252 e. The molecule has 126 valence electrons. The molecule has 1 saturated carbocycles. The lowest BCUT2D eigenvalue weighted by Gasteiger charge is -2.20. The van der Waals surface area contributed by atoms with Crippen LogP contribution in [-0.4, -0.2) is 40.0 Å². The Balaban J connectivity index is 1.47. The van der Waals surface area contributed by atoms with Gasteiger partial charge >= 0.3 is 0 Å². The second kappa shape index (κ2) is 5.69. The Morgan fingerprint density at radius 2 is 1.96 bits per heavy atom. The number of benzene rings is 1. The van der Waals surface area contributed by atoms with E-state index >= 15 is 0 Å². The molecular formula is C18H19F2N3O. The first-order valence-corrected chi connectivity index (χ1v) is 8.32. The molecule has 24 heavy (non-hydrogen) atoms. The summed E-state index contributed by atoms with van der Waals surface area (Å²) in [4.78, 5) is 14.0. The molecule has 2 aliphatic rings. The minimum atomic E-state index is -2.63. The van der Waals surface area contributed by atoms with Gasteiger partial charge in [-0.15, -0.1) is 0 Å². The number of alkyl halides is 2. The highest BCUT2D eigenvalue weighted by Gasteiger charge is 2.57. The zero-order chi connectivity index (χ0) is 16.7. The summed E-state index contributed by atoms with van der Waals surface area (Å²) in [5, 5.41) is 7.51. The zero-order valence-electron chi connectivity index (χ0n) is 13.3. The fraction of sp³-hybridized carbons (Fsp3) is 0.444. The minimum absolute atomic E-state index is 0.0370. The minimum Gasteiger partial charge on any atom is -0.342 e. The van der Waals surface area contributed by atoms with Gasteiger partial charge in [0.2, 0.25) is 5.91 Å². The summed E-state index contributed by atoms with van der Waals surface area (Å²) in [6, 6.07) is 9.93. The second-order valence-corrected chi connectivity index (χ2v) is 6.64. The predicted molar refractivity (Wildman–Crippen MR) is 85.7 cm³/mol. The number of halogens is 2. The molecule has 1 unspecified atom stereocenters. The Labute approximate surface area is 138 Å². The molecule has 0 saturated heterocycles. The van der Waals surface area contributed by atoms with E-state index in [1.165, 1.54) is 0 Å². The number of aromatic amines is 1. The maximum absolute atomic E-state index is 13.0. The Kier molecular flexibility index (Phi) is 3.62. The van der Waals surface area contributed by atoms with Gasteiger partial charge in [0.1, 0.15) is 0 Å². The van der Waals surface area contributed by atoms with Gasteiger partial charge in [-0.1, -0.05) is 30.3 Å². The molecule has 1 aromatic heterocycles. The van der Waals surface area contributed by atoms with Gasteiger partial charge < -0.3 is 4.90 Å². The van der Waals surface area contributed by atoms with Crippen molar-refractivity contribution in [3.05, 3.63) is 41.6 Å². The number of carbonyl (C=O) groups is 1. The van der Waals surface area contributed by atoms with Crippen molar-refractivity contribution in [1.82, 2.24) is 15.1 Å². The second-order valence-electron chi connectivity index (χ2n) is 6.64. The molecule has 2 heterocycles. The number of aromatic nitrogens is 2. The van der Waals surface area contributed by atoms with Gasteiger partial charge in [-0.2, -0.15) is 5.10 Å². The number of hydrogen-bond donors (Lipinski definition) is 1. The standard InChI is InChI=1S/C18H19F2N3O/c19-18(20)11-13(18)10-16(24)23-8-6-14-15(7-9-23)21-22-17(14)12-4-2-1-3-5-12/h1-5,13H,6-11H2,(H,21,22). The van der Waals surface area contributed by atoms with E-state index in [1.54, 1.807) is 4.90 Å². The monoisotopic (exact) mass is 331 g/mol. The molecular weight excluding hydrogens is 312 g/mol. The number of rotatable bonds is 3. The van der Waals surface area contributed by atoms with Crippen LogP contribution < -0.4 is 0 Å². The van der Waals surface area contributed by atoms with Crippen molar-refractivity contribution in [2.75, 3.05) is 13.1 Å². The summed E-state index contributed by atoms with van der Waals surface area (Å²) in [5.41, 5.74) is 4.15. The van der Waals surface area contributed by atoms with Crippen LogP contribution >= 0.6 is 0 Å². The van der Waals surface area contributed by atoms with Crippen LogP contribution in [0.15, 0.2) is 30.3 Å². The van der Waals surface area contributed by atoms with Crippen molar-refractivity contribution >= 4 is 5.91 Å². The number of nitrogens with zero attached hydrogens (tertiary/aromatic N) is 2. The van der Waals surface area contributed by atoms with Crippen LogP contribution in [0.1, 0.15) is 24.1 Å².